The maximum atomic E-state index is 12.9. The fourth-order valence-electron chi connectivity index (χ4n) is 1.22. The van der Waals surface area contributed by atoms with Gasteiger partial charge in [-0.15, -0.1) is 0 Å². The number of hydrogen-bond donors (Lipinski definition) is 2. The summed E-state index contributed by atoms with van der Waals surface area (Å²) in [7, 11) is 0. The van der Waals surface area contributed by atoms with Crippen LogP contribution >= 0.6 is 15.9 Å². The summed E-state index contributed by atoms with van der Waals surface area (Å²) >= 11 is 3.10. The van der Waals surface area contributed by atoms with Gasteiger partial charge >= 0.3 is 0 Å². The highest BCUT2D eigenvalue weighted by molar-refractivity contribution is 9.10. The predicted octanol–water partition coefficient (Wildman–Crippen LogP) is 2.36. The fourth-order valence-corrected chi connectivity index (χ4v) is 1.62. The molecule has 14 heavy (non-hydrogen) atoms. The molecule has 0 unspecified atom stereocenters. The van der Waals surface area contributed by atoms with Crippen molar-refractivity contribution in [3.8, 4) is 0 Å². The zero-order valence-corrected chi connectivity index (χ0v) is 9.30. The van der Waals surface area contributed by atoms with Crippen LogP contribution in [0.5, 0.6) is 0 Å². The second-order valence-corrected chi connectivity index (χ2v) is 4.00. The molecule has 0 fully saturated rings. The van der Waals surface area contributed by atoms with Crippen LogP contribution in [-0.4, -0.2) is 11.7 Å². The first kappa shape index (κ1) is 11.6. The van der Waals surface area contributed by atoms with E-state index in [0.717, 1.165) is 5.56 Å². The van der Waals surface area contributed by atoms with Gasteiger partial charge in [0.1, 0.15) is 5.82 Å². The molecule has 0 aliphatic heterocycles. The van der Waals surface area contributed by atoms with E-state index in [1.165, 1.54) is 6.07 Å². The molecule has 78 valence electrons. The van der Waals surface area contributed by atoms with Gasteiger partial charge in [-0.3, -0.25) is 0 Å². The Balaban J connectivity index is 2.70. The Morgan fingerprint density at radius 2 is 2.21 bits per heavy atom. The Bertz CT molecular complexity index is 306. The molecule has 3 N–H and O–H groups in total. The normalized spacial score (nSPS) is 12.9. The minimum absolute atomic E-state index is 0.135. The van der Waals surface area contributed by atoms with Crippen LogP contribution < -0.4 is 5.73 Å². The number of nitrogens with two attached hydrogens (primary N) is 1. The summed E-state index contributed by atoms with van der Waals surface area (Å²) in [5.41, 5.74) is 6.73. The summed E-state index contributed by atoms with van der Waals surface area (Å²) < 4.78 is 13.3. The van der Waals surface area contributed by atoms with Crippen molar-refractivity contribution in [2.45, 2.75) is 18.9 Å². The van der Waals surface area contributed by atoms with Crippen LogP contribution in [0.4, 0.5) is 4.39 Å². The van der Waals surface area contributed by atoms with Gasteiger partial charge in [-0.2, -0.15) is 0 Å². The summed E-state index contributed by atoms with van der Waals surface area (Å²) in [4.78, 5) is 0. The van der Waals surface area contributed by atoms with Crippen LogP contribution in [-0.2, 0) is 0 Å². The standard InChI is InChI=1S/C10H13BrFNO/c11-8-6-7(3-4-9(8)12)10(13)2-1-5-14/h3-4,6,10,14H,1-2,5,13H2/t10-/m1/s1. The van der Waals surface area contributed by atoms with Gasteiger partial charge in [0.15, 0.2) is 0 Å². The van der Waals surface area contributed by atoms with E-state index in [-0.39, 0.29) is 18.5 Å². The zero-order valence-electron chi connectivity index (χ0n) is 7.71. The molecule has 0 aliphatic rings. The highest BCUT2D eigenvalue weighted by Crippen LogP contribution is 2.22. The fraction of sp³-hybridized carbons (Fsp3) is 0.400. The summed E-state index contributed by atoms with van der Waals surface area (Å²) in [6.07, 6.45) is 1.37. The van der Waals surface area contributed by atoms with E-state index >= 15 is 0 Å². The number of rotatable bonds is 4. The predicted molar refractivity (Wildman–Crippen MR) is 57.3 cm³/mol. The Morgan fingerprint density at radius 3 is 2.79 bits per heavy atom. The summed E-state index contributed by atoms with van der Waals surface area (Å²) in [6, 6.07) is 4.59. The minimum Gasteiger partial charge on any atom is -0.396 e. The van der Waals surface area contributed by atoms with Crippen LogP contribution in [0.25, 0.3) is 0 Å². The first-order valence-corrected chi connectivity index (χ1v) is 5.26. The lowest BCUT2D eigenvalue weighted by Crippen LogP contribution is -2.10. The molecule has 0 amide bonds. The molecule has 4 heteroatoms. The van der Waals surface area contributed by atoms with Gasteiger partial charge in [0.25, 0.3) is 0 Å². The topological polar surface area (TPSA) is 46.2 Å². The molecule has 1 aromatic carbocycles. The lowest BCUT2D eigenvalue weighted by Gasteiger charge is -2.11. The smallest absolute Gasteiger partial charge is 0.137 e. The van der Waals surface area contributed by atoms with Crippen LogP contribution in [0.2, 0.25) is 0 Å². The van der Waals surface area contributed by atoms with Gasteiger partial charge in [-0.1, -0.05) is 6.07 Å². The Hall–Kier alpha value is -0.450. The molecule has 1 atom stereocenters. The molecule has 0 aromatic heterocycles. The van der Waals surface area contributed by atoms with Crippen molar-refractivity contribution >= 4 is 15.9 Å². The third kappa shape index (κ3) is 3.04. The van der Waals surface area contributed by atoms with Crippen molar-refractivity contribution in [3.63, 3.8) is 0 Å². The molecule has 1 aromatic rings. The molecule has 0 heterocycles. The van der Waals surface area contributed by atoms with Crippen LogP contribution in [0.15, 0.2) is 22.7 Å². The second kappa shape index (κ2) is 5.44. The molecule has 0 radical (unpaired) electrons. The van der Waals surface area contributed by atoms with Gasteiger partial charge in [-0.05, 0) is 46.5 Å². The van der Waals surface area contributed by atoms with Crippen LogP contribution in [0.1, 0.15) is 24.4 Å². The lowest BCUT2D eigenvalue weighted by molar-refractivity contribution is 0.280. The number of halogens is 2. The molecule has 2 nitrogen and oxygen atoms in total. The third-order valence-electron chi connectivity index (χ3n) is 2.05. The zero-order chi connectivity index (χ0) is 10.6. The van der Waals surface area contributed by atoms with E-state index < -0.39 is 0 Å². The molecule has 0 saturated carbocycles. The molecule has 0 saturated heterocycles. The van der Waals surface area contributed by atoms with Crippen molar-refractivity contribution in [3.05, 3.63) is 34.1 Å². The Kier molecular flexibility index (Phi) is 4.51. The van der Waals surface area contributed by atoms with Gasteiger partial charge in [0.05, 0.1) is 4.47 Å². The largest absolute Gasteiger partial charge is 0.396 e. The van der Waals surface area contributed by atoms with Gasteiger partial charge in [-0.25, -0.2) is 4.39 Å². The SMILES string of the molecule is N[C@H](CCCO)c1ccc(F)c(Br)c1. The van der Waals surface area contributed by atoms with E-state index in [2.05, 4.69) is 15.9 Å². The Labute approximate surface area is 91.1 Å². The number of hydrogen-bond acceptors (Lipinski definition) is 2. The van der Waals surface area contributed by atoms with Crippen molar-refractivity contribution in [1.29, 1.82) is 0 Å². The third-order valence-corrected chi connectivity index (χ3v) is 2.65. The van der Waals surface area contributed by atoms with Gasteiger partial charge in [0, 0.05) is 12.6 Å². The molecular weight excluding hydrogens is 249 g/mol. The van der Waals surface area contributed by atoms with Gasteiger partial charge < -0.3 is 10.8 Å². The van der Waals surface area contributed by atoms with E-state index in [0.29, 0.717) is 17.3 Å². The average Bonchev–Trinajstić information content (AvgIpc) is 2.18. The number of benzene rings is 1. The second-order valence-electron chi connectivity index (χ2n) is 3.15. The average molecular weight is 262 g/mol. The molecule has 0 bridgehead atoms. The van der Waals surface area contributed by atoms with E-state index in [4.69, 9.17) is 10.8 Å². The number of aliphatic hydroxyl groups is 1. The molecule has 1 rings (SSSR count). The first-order chi connectivity index (χ1) is 6.65. The highest BCUT2D eigenvalue weighted by atomic mass is 79.9. The summed E-state index contributed by atoms with van der Waals surface area (Å²) in [5, 5.41) is 8.64. The van der Waals surface area contributed by atoms with E-state index in [1.54, 1.807) is 12.1 Å². The maximum absolute atomic E-state index is 12.9. The highest BCUT2D eigenvalue weighted by Gasteiger charge is 2.07. The monoisotopic (exact) mass is 261 g/mol. The number of aliphatic hydroxyl groups excluding tert-OH is 1. The summed E-state index contributed by atoms with van der Waals surface area (Å²) in [5.74, 6) is -0.289. The van der Waals surface area contributed by atoms with Gasteiger partial charge in [0.2, 0.25) is 0 Å². The lowest BCUT2D eigenvalue weighted by atomic mass is 10.0. The van der Waals surface area contributed by atoms with E-state index in [9.17, 15) is 4.39 Å². The Morgan fingerprint density at radius 1 is 1.50 bits per heavy atom. The van der Waals surface area contributed by atoms with Crippen molar-refractivity contribution in [2.24, 2.45) is 5.73 Å². The van der Waals surface area contributed by atoms with Crippen molar-refractivity contribution < 1.29 is 9.50 Å². The summed E-state index contributed by atoms with van der Waals surface area (Å²) in [6.45, 7) is 0.135. The first-order valence-electron chi connectivity index (χ1n) is 4.46. The van der Waals surface area contributed by atoms with Crippen LogP contribution in [0, 0.1) is 5.82 Å². The van der Waals surface area contributed by atoms with Crippen LogP contribution in [0.3, 0.4) is 0 Å². The quantitative estimate of drug-likeness (QED) is 0.874. The maximum Gasteiger partial charge on any atom is 0.137 e. The van der Waals surface area contributed by atoms with Crippen molar-refractivity contribution in [1.82, 2.24) is 0 Å². The minimum atomic E-state index is -0.289. The molecule has 0 aliphatic carbocycles. The van der Waals surface area contributed by atoms with E-state index in [1.807, 2.05) is 0 Å². The molecule has 0 spiro atoms. The molecular formula is C10H13BrFNO. The van der Waals surface area contributed by atoms with Crippen molar-refractivity contribution in [2.75, 3.05) is 6.61 Å².